The summed E-state index contributed by atoms with van der Waals surface area (Å²) in [6.45, 7) is 0.543. The van der Waals surface area contributed by atoms with E-state index >= 15 is 0 Å². The first-order valence-corrected chi connectivity index (χ1v) is 5.98. The molecular weight excluding hydrogens is 238 g/mol. The molecule has 4 nitrogen and oxygen atoms in total. The Morgan fingerprint density at radius 3 is 2.79 bits per heavy atom. The predicted molar refractivity (Wildman–Crippen MR) is 71.4 cm³/mol. The van der Waals surface area contributed by atoms with Crippen LogP contribution < -0.4 is 5.32 Å². The lowest BCUT2D eigenvalue weighted by molar-refractivity contribution is 0.0949. The van der Waals surface area contributed by atoms with Crippen molar-refractivity contribution in [3.63, 3.8) is 0 Å². The summed E-state index contributed by atoms with van der Waals surface area (Å²) in [7, 11) is 0. The number of aromatic nitrogens is 1. The van der Waals surface area contributed by atoms with E-state index in [1.165, 1.54) is 17.8 Å². The van der Waals surface area contributed by atoms with Gasteiger partial charge in [-0.05, 0) is 24.1 Å². The molecule has 94 valence electrons. The van der Waals surface area contributed by atoms with Crippen LogP contribution in [0.4, 0.5) is 0 Å². The van der Waals surface area contributed by atoms with Gasteiger partial charge in [0.2, 0.25) is 0 Å². The Bertz CT molecular complexity index is 602. The topological polar surface area (TPSA) is 65.8 Å². The van der Waals surface area contributed by atoms with Crippen LogP contribution in [0.5, 0.6) is 0 Å². The minimum atomic E-state index is -0.256. The predicted octanol–water partition coefficient (Wildman–Crippen LogP) is 1.93. The van der Waals surface area contributed by atoms with Crippen LogP contribution in [0.3, 0.4) is 0 Å². The quantitative estimate of drug-likeness (QED) is 0.902. The summed E-state index contributed by atoms with van der Waals surface area (Å²) in [6.07, 6.45) is 2.23. The number of hydrogen-bond donors (Lipinski definition) is 1. The molecule has 2 rings (SSSR count). The fraction of sp³-hybridized carbons (Fsp3) is 0.133. The average Bonchev–Trinajstić information content (AvgIpc) is 2.48. The van der Waals surface area contributed by atoms with E-state index in [9.17, 15) is 4.79 Å². The molecule has 1 aromatic heterocycles. The van der Waals surface area contributed by atoms with Gasteiger partial charge in [0.25, 0.3) is 5.91 Å². The number of nitrogens with zero attached hydrogens (tertiary/aromatic N) is 2. The standard InChI is InChI=1S/C15H13N3O/c16-11-13-7-8-17-14(10-13)15(19)18-9-6-12-4-2-1-3-5-12/h1-5,7-8,10H,6,9H2,(H,18,19). The van der Waals surface area contributed by atoms with E-state index in [0.29, 0.717) is 12.1 Å². The molecule has 1 N–H and O–H groups in total. The highest BCUT2D eigenvalue weighted by Crippen LogP contribution is 2.01. The molecule has 0 fully saturated rings. The van der Waals surface area contributed by atoms with Crippen LogP contribution in [0.15, 0.2) is 48.7 Å². The lowest BCUT2D eigenvalue weighted by Gasteiger charge is -2.04. The monoisotopic (exact) mass is 251 g/mol. The molecule has 0 radical (unpaired) electrons. The van der Waals surface area contributed by atoms with Gasteiger partial charge >= 0.3 is 0 Å². The lowest BCUT2D eigenvalue weighted by atomic mass is 10.1. The van der Waals surface area contributed by atoms with Gasteiger partial charge in [0, 0.05) is 12.7 Å². The van der Waals surface area contributed by atoms with Gasteiger partial charge in [-0.3, -0.25) is 9.78 Å². The first kappa shape index (κ1) is 12.8. The molecule has 0 aliphatic rings. The highest BCUT2D eigenvalue weighted by atomic mass is 16.1. The zero-order valence-electron chi connectivity index (χ0n) is 10.3. The van der Waals surface area contributed by atoms with Crippen molar-refractivity contribution in [1.82, 2.24) is 10.3 Å². The Morgan fingerprint density at radius 1 is 1.26 bits per heavy atom. The third-order valence-electron chi connectivity index (χ3n) is 2.66. The molecule has 1 aromatic carbocycles. The van der Waals surface area contributed by atoms with Crippen molar-refractivity contribution in [2.75, 3.05) is 6.54 Å². The maximum atomic E-state index is 11.8. The summed E-state index contributed by atoms with van der Waals surface area (Å²) in [5.74, 6) is -0.256. The molecule has 4 heteroatoms. The van der Waals surface area contributed by atoms with Crippen molar-refractivity contribution in [2.45, 2.75) is 6.42 Å². The van der Waals surface area contributed by atoms with Crippen molar-refractivity contribution in [3.05, 3.63) is 65.5 Å². The molecule has 2 aromatic rings. The Kier molecular flexibility index (Phi) is 4.25. The number of benzene rings is 1. The van der Waals surface area contributed by atoms with Crippen LogP contribution in [0.2, 0.25) is 0 Å². The maximum absolute atomic E-state index is 11.8. The molecule has 1 amide bonds. The van der Waals surface area contributed by atoms with Crippen LogP contribution in [-0.2, 0) is 6.42 Å². The zero-order chi connectivity index (χ0) is 13.5. The van der Waals surface area contributed by atoms with Gasteiger partial charge in [-0.15, -0.1) is 0 Å². The Labute approximate surface area is 111 Å². The summed E-state index contributed by atoms with van der Waals surface area (Å²) >= 11 is 0. The van der Waals surface area contributed by atoms with E-state index in [1.807, 2.05) is 36.4 Å². The summed E-state index contributed by atoms with van der Waals surface area (Å²) in [5, 5.41) is 11.5. The fourth-order valence-corrected chi connectivity index (χ4v) is 1.68. The molecule has 0 unspecified atom stereocenters. The normalized spacial score (nSPS) is 9.63. The summed E-state index contributed by atoms with van der Waals surface area (Å²) < 4.78 is 0. The van der Waals surface area contributed by atoms with Crippen molar-refractivity contribution in [3.8, 4) is 6.07 Å². The number of carbonyl (C=O) groups is 1. The molecule has 0 aliphatic heterocycles. The first-order valence-electron chi connectivity index (χ1n) is 5.98. The number of nitriles is 1. The van der Waals surface area contributed by atoms with E-state index in [0.717, 1.165) is 6.42 Å². The van der Waals surface area contributed by atoms with Gasteiger partial charge in [0.05, 0.1) is 11.6 Å². The fourth-order valence-electron chi connectivity index (χ4n) is 1.68. The van der Waals surface area contributed by atoms with Gasteiger partial charge in [-0.2, -0.15) is 5.26 Å². The van der Waals surface area contributed by atoms with Crippen LogP contribution in [0.1, 0.15) is 21.6 Å². The van der Waals surface area contributed by atoms with E-state index in [1.54, 1.807) is 6.07 Å². The number of amides is 1. The maximum Gasteiger partial charge on any atom is 0.269 e. The summed E-state index contributed by atoms with van der Waals surface area (Å²) in [6, 6.07) is 15.0. The Hall–Kier alpha value is -2.67. The van der Waals surface area contributed by atoms with Gasteiger partial charge in [-0.25, -0.2) is 0 Å². The molecule has 1 heterocycles. The first-order chi connectivity index (χ1) is 9.29. The van der Waals surface area contributed by atoms with Crippen LogP contribution in [-0.4, -0.2) is 17.4 Å². The van der Waals surface area contributed by atoms with Gasteiger partial charge in [-0.1, -0.05) is 30.3 Å². The molecule has 0 atom stereocenters. The number of carbonyl (C=O) groups excluding carboxylic acids is 1. The molecule has 19 heavy (non-hydrogen) atoms. The second-order valence-corrected chi connectivity index (χ2v) is 4.03. The van der Waals surface area contributed by atoms with Crippen molar-refractivity contribution in [1.29, 1.82) is 5.26 Å². The molecule has 0 saturated carbocycles. The third-order valence-corrected chi connectivity index (χ3v) is 2.66. The van der Waals surface area contributed by atoms with Gasteiger partial charge in [0.15, 0.2) is 0 Å². The molecular formula is C15H13N3O. The third kappa shape index (κ3) is 3.65. The van der Waals surface area contributed by atoms with E-state index in [-0.39, 0.29) is 11.6 Å². The average molecular weight is 251 g/mol. The Balaban J connectivity index is 1.89. The van der Waals surface area contributed by atoms with Crippen molar-refractivity contribution in [2.24, 2.45) is 0 Å². The minimum Gasteiger partial charge on any atom is -0.350 e. The summed E-state index contributed by atoms with van der Waals surface area (Å²) in [5.41, 5.74) is 1.87. The molecule has 0 aliphatic carbocycles. The van der Waals surface area contributed by atoms with Crippen LogP contribution in [0, 0.1) is 11.3 Å². The van der Waals surface area contributed by atoms with E-state index in [2.05, 4.69) is 10.3 Å². The second-order valence-electron chi connectivity index (χ2n) is 4.03. The number of pyridine rings is 1. The number of nitrogens with one attached hydrogen (secondary N) is 1. The summed E-state index contributed by atoms with van der Waals surface area (Å²) in [4.78, 5) is 15.8. The number of hydrogen-bond acceptors (Lipinski definition) is 3. The van der Waals surface area contributed by atoms with Crippen LogP contribution >= 0.6 is 0 Å². The van der Waals surface area contributed by atoms with Crippen LogP contribution in [0.25, 0.3) is 0 Å². The van der Waals surface area contributed by atoms with Crippen molar-refractivity contribution < 1.29 is 4.79 Å². The highest BCUT2D eigenvalue weighted by Gasteiger charge is 2.07. The Morgan fingerprint density at radius 2 is 2.05 bits per heavy atom. The molecule has 0 spiro atoms. The molecule has 0 bridgehead atoms. The second kappa shape index (κ2) is 6.31. The lowest BCUT2D eigenvalue weighted by Crippen LogP contribution is -2.26. The largest absolute Gasteiger partial charge is 0.350 e. The smallest absolute Gasteiger partial charge is 0.269 e. The van der Waals surface area contributed by atoms with Crippen molar-refractivity contribution >= 4 is 5.91 Å². The zero-order valence-corrected chi connectivity index (χ0v) is 10.3. The minimum absolute atomic E-state index is 0.256. The van der Waals surface area contributed by atoms with Gasteiger partial charge < -0.3 is 5.32 Å². The van der Waals surface area contributed by atoms with Gasteiger partial charge in [0.1, 0.15) is 5.69 Å². The van der Waals surface area contributed by atoms with E-state index < -0.39 is 0 Å². The highest BCUT2D eigenvalue weighted by molar-refractivity contribution is 5.92. The van der Waals surface area contributed by atoms with E-state index in [4.69, 9.17) is 5.26 Å². The molecule has 0 saturated heterocycles. The number of rotatable bonds is 4. The SMILES string of the molecule is N#Cc1ccnc(C(=O)NCCc2ccccc2)c1.